The molecule has 6 atom stereocenters. The summed E-state index contributed by atoms with van der Waals surface area (Å²) in [5.41, 5.74) is 0. The van der Waals surface area contributed by atoms with Crippen LogP contribution >= 0.6 is 15.6 Å². The Hall–Kier alpha value is -1.94. The zero-order valence-corrected chi connectivity index (χ0v) is 56.7. The molecule has 0 aliphatic rings. The van der Waals surface area contributed by atoms with Crippen molar-refractivity contribution in [1.82, 2.24) is 0 Å². The molecule has 0 saturated heterocycles. The van der Waals surface area contributed by atoms with Crippen LogP contribution in [0.1, 0.15) is 330 Å². The van der Waals surface area contributed by atoms with E-state index >= 15 is 0 Å². The number of unbranched alkanes of at least 4 members (excludes halogenated alkanes) is 34. The van der Waals surface area contributed by atoms with Crippen LogP contribution in [-0.2, 0) is 65.4 Å². The molecule has 3 unspecified atom stereocenters. The summed E-state index contributed by atoms with van der Waals surface area (Å²) in [6.45, 7) is 9.43. The number of ether oxygens (including phenoxy) is 4. The van der Waals surface area contributed by atoms with Crippen molar-refractivity contribution in [2.24, 2.45) is 11.8 Å². The van der Waals surface area contributed by atoms with E-state index in [1.807, 2.05) is 0 Å². The van der Waals surface area contributed by atoms with Crippen molar-refractivity contribution in [3.8, 4) is 0 Å². The van der Waals surface area contributed by atoms with Gasteiger partial charge in [-0.15, -0.1) is 0 Å². The SMILES string of the molecule is CCCCCCCCCCCCCCCCC(=O)O[C@H](COC(=O)CCCCCCCCCCCC(C)C)COP(=O)(O)OC[C@@H](O)COP(=O)(O)OC[C@@H](COC(=O)CCCCCCCCCCC)OC(=O)CCCCCCCCC(C)CC. The molecule has 0 aromatic rings. The summed E-state index contributed by atoms with van der Waals surface area (Å²) in [6, 6.07) is 0. The number of rotatable bonds is 65. The second-order valence-electron chi connectivity index (χ2n) is 24.6. The number of phosphoric acid groups is 2. The lowest BCUT2D eigenvalue weighted by Gasteiger charge is -2.21. The van der Waals surface area contributed by atoms with Crippen LogP contribution in [0.25, 0.3) is 0 Å². The largest absolute Gasteiger partial charge is 0.472 e. The predicted molar refractivity (Wildman–Crippen MR) is 340 cm³/mol. The molecule has 19 heteroatoms. The summed E-state index contributed by atoms with van der Waals surface area (Å²) < 4.78 is 68.1. The monoisotopic (exact) mass is 1250 g/mol. The predicted octanol–water partition coefficient (Wildman–Crippen LogP) is 18.4. The number of carbonyl (C=O) groups excluding carboxylic acids is 4. The number of carbonyl (C=O) groups is 4. The first kappa shape index (κ1) is 83.1. The Bertz CT molecular complexity index is 1670. The van der Waals surface area contributed by atoms with Crippen molar-refractivity contribution >= 4 is 39.5 Å². The van der Waals surface area contributed by atoms with E-state index in [1.54, 1.807) is 0 Å². The maximum Gasteiger partial charge on any atom is 0.472 e. The molecule has 0 radical (unpaired) electrons. The topological polar surface area (TPSA) is 237 Å². The quantitative estimate of drug-likeness (QED) is 0.0222. The van der Waals surface area contributed by atoms with Crippen molar-refractivity contribution in [2.75, 3.05) is 39.6 Å². The van der Waals surface area contributed by atoms with E-state index in [2.05, 4.69) is 41.5 Å². The van der Waals surface area contributed by atoms with Crippen LogP contribution in [0.15, 0.2) is 0 Å². The molecule has 0 heterocycles. The third-order valence-electron chi connectivity index (χ3n) is 15.6. The highest BCUT2D eigenvalue weighted by atomic mass is 31.2. The van der Waals surface area contributed by atoms with E-state index in [1.165, 1.54) is 148 Å². The van der Waals surface area contributed by atoms with Gasteiger partial charge in [-0.2, -0.15) is 0 Å². The summed E-state index contributed by atoms with van der Waals surface area (Å²) in [4.78, 5) is 72.3. The smallest absolute Gasteiger partial charge is 0.462 e. The molecule has 0 amide bonds. The van der Waals surface area contributed by atoms with E-state index in [0.29, 0.717) is 25.7 Å². The van der Waals surface area contributed by atoms with Gasteiger partial charge in [0.2, 0.25) is 0 Å². The number of phosphoric ester groups is 2. The lowest BCUT2D eigenvalue weighted by atomic mass is 10.00. The third kappa shape index (κ3) is 59.5. The van der Waals surface area contributed by atoms with Crippen molar-refractivity contribution in [2.45, 2.75) is 349 Å². The Morgan fingerprint density at radius 2 is 0.600 bits per heavy atom. The molecule has 0 rings (SSSR count). The van der Waals surface area contributed by atoms with Gasteiger partial charge in [0.25, 0.3) is 0 Å². The van der Waals surface area contributed by atoms with E-state index in [-0.39, 0.29) is 25.7 Å². The highest BCUT2D eigenvalue weighted by Gasteiger charge is 2.30. The molecule has 0 bridgehead atoms. The van der Waals surface area contributed by atoms with Gasteiger partial charge in [-0.3, -0.25) is 37.3 Å². The highest BCUT2D eigenvalue weighted by Crippen LogP contribution is 2.45. The number of hydrogen-bond acceptors (Lipinski definition) is 15. The first-order valence-corrected chi connectivity index (χ1v) is 37.5. The summed E-state index contributed by atoms with van der Waals surface area (Å²) in [6.07, 6.45) is 41.7. The molecule has 0 aromatic carbocycles. The van der Waals surface area contributed by atoms with E-state index in [0.717, 1.165) is 102 Å². The number of aliphatic hydroxyl groups is 1. The van der Waals surface area contributed by atoms with Crippen molar-refractivity contribution < 1.29 is 80.2 Å². The van der Waals surface area contributed by atoms with Gasteiger partial charge in [0.05, 0.1) is 26.4 Å². The Morgan fingerprint density at radius 1 is 0.341 bits per heavy atom. The average molecular weight is 1260 g/mol. The van der Waals surface area contributed by atoms with Gasteiger partial charge in [0.1, 0.15) is 19.3 Å². The van der Waals surface area contributed by atoms with E-state index < -0.39 is 97.5 Å². The Labute approximate surface area is 517 Å². The van der Waals surface area contributed by atoms with Crippen molar-refractivity contribution in [1.29, 1.82) is 0 Å². The third-order valence-corrected chi connectivity index (χ3v) is 17.5. The highest BCUT2D eigenvalue weighted by molar-refractivity contribution is 7.47. The fourth-order valence-electron chi connectivity index (χ4n) is 9.85. The fraction of sp³-hybridized carbons (Fsp3) is 0.939. The molecule has 0 aromatic heterocycles. The zero-order valence-electron chi connectivity index (χ0n) is 54.9. The van der Waals surface area contributed by atoms with Gasteiger partial charge >= 0.3 is 39.5 Å². The molecule has 3 N–H and O–H groups in total. The fourth-order valence-corrected chi connectivity index (χ4v) is 11.4. The normalized spacial score (nSPS) is 14.6. The van der Waals surface area contributed by atoms with Crippen LogP contribution in [0, 0.1) is 11.8 Å². The summed E-state index contributed by atoms with van der Waals surface area (Å²) in [7, 11) is -9.89. The van der Waals surface area contributed by atoms with E-state index in [4.69, 9.17) is 37.0 Å². The maximum atomic E-state index is 13.0. The lowest BCUT2D eigenvalue weighted by Crippen LogP contribution is -2.30. The van der Waals surface area contributed by atoms with Crippen LogP contribution in [0.5, 0.6) is 0 Å². The van der Waals surface area contributed by atoms with Crippen LogP contribution < -0.4 is 0 Å². The van der Waals surface area contributed by atoms with Crippen molar-refractivity contribution in [3.05, 3.63) is 0 Å². The van der Waals surface area contributed by atoms with Crippen LogP contribution in [0.3, 0.4) is 0 Å². The first-order valence-electron chi connectivity index (χ1n) is 34.5. The van der Waals surface area contributed by atoms with E-state index in [9.17, 15) is 43.2 Å². The zero-order chi connectivity index (χ0) is 62.9. The number of esters is 4. The van der Waals surface area contributed by atoms with Gasteiger partial charge in [0, 0.05) is 25.7 Å². The molecule has 504 valence electrons. The Balaban J connectivity index is 5.24. The minimum Gasteiger partial charge on any atom is -0.462 e. The minimum absolute atomic E-state index is 0.103. The molecular weight excluding hydrogens is 1130 g/mol. The van der Waals surface area contributed by atoms with Gasteiger partial charge in [-0.05, 0) is 37.5 Å². The molecule has 0 aliphatic carbocycles. The van der Waals surface area contributed by atoms with Crippen molar-refractivity contribution in [3.63, 3.8) is 0 Å². The van der Waals surface area contributed by atoms with Gasteiger partial charge in [-0.25, -0.2) is 9.13 Å². The van der Waals surface area contributed by atoms with Gasteiger partial charge in [-0.1, -0.05) is 279 Å². The Kier molecular flexibility index (Phi) is 57.1. The maximum absolute atomic E-state index is 13.0. The Morgan fingerprint density at radius 3 is 0.894 bits per heavy atom. The molecular formula is C66H128O17P2. The number of hydrogen-bond donors (Lipinski definition) is 3. The molecule has 17 nitrogen and oxygen atoms in total. The molecule has 0 aliphatic heterocycles. The summed E-state index contributed by atoms with van der Waals surface area (Å²) >= 11 is 0. The standard InChI is InChI=1S/C66H128O17P2/c1-7-10-12-14-16-18-19-20-21-22-26-31-38-44-50-65(70)82-61(54-77-64(69)49-43-37-30-27-23-25-28-34-40-46-58(4)5)56-80-84(72,73)78-52-60(67)53-79-85(74,75)81-57-62(55-76-63(68)48-42-36-29-24-17-15-13-11-8-2)83-66(71)51-45-39-33-32-35-41-47-59(6)9-3/h58-62,67H,7-57H2,1-6H3,(H,72,73)(H,74,75)/t59?,60-,61-,62-/m1/s1. The lowest BCUT2D eigenvalue weighted by molar-refractivity contribution is -0.161. The molecule has 0 fully saturated rings. The minimum atomic E-state index is -4.95. The summed E-state index contributed by atoms with van der Waals surface area (Å²) in [5.74, 6) is -0.668. The first-order chi connectivity index (χ1) is 40.9. The molecule has 85 heavy (non-hydrogen) atoms. The van der Waals surface area contributed by atoms with Gasteiger partial charge in [0.15, 0.2) is 12.2 Å². The second kappa shape index (κ2) is 58.4. The van der Waals surface area contributed by atoms with Crippen LogP contribution in [-0.4, -0.2) is 96.7 Å². The molecule has 0 spiro atoms. The van der Waals surface area contributed by atoms with Crippen LogP contribution in [0.2, 0.25) is 0 Å². The summed E-state index contributed by atoms with van der Waals surface area (Å²) in [5, 5.41) is 10.5. The molecule has 0 saturated carbocycles. The van der Waals surface area contributed by atoms with Gasteiger partial charge < -0.3 is 33.8 Å². The average Bonchev–Trinajstić information content (AvgIpc) is 3.54. The second-order valence-corrected chi connectivity index (χ2v) is 27.5. The number of aliphatic hydroxyl groups excluding tert-OH is 1. The van der Waals surface area contributed by atoms with Crippen LogP contribution in [0.4, 0.5) is 0 Å².